The largest absolute Gasteiger partial charge is 0.396 e. The summed E-state index contributed by atoms with van der Waals surface area (Å²) in [6.07, 6.45) is 6.01. The number of amides is 3. The Bertz CT molecular complexity index is 1070. The van der Waals surface area contributed by atoms with Gasteiger partial charge in [-0.15, -0.1) is 24.9 Å². The maximum atomic E-state index is 14.4. The number of carbonyl (C=O) groups is 3. The lowest BCUT2D eigenvalue weighted by molar-refractivity contribution is -0.144. The van der Waals surface area contributed by atoms with E-state index < -0.39 is 22.6 Å². The van der Waals surface area contributed by atoms with Gasteiger partial charge in [0.05, 0.1) is 27.3 Å². The van der Waals surface area contributed by atoms with Crippen LogP contribution in [-0.4, -0.2) is 81.5 Å². The van der Waals surface area contributed by atoms with Gasteiger partial charge in [-0.3, -0.25) is 14.4 Å². The summed E-state index contributed by atoms with van der Waals surface area (Å²) in [5, 5.41) is 10.0. The number of fused-ring (bicyclic) bond motifs is 1. The Kier molecular flexibility index (Phi) is 8.71. The van der Waals surface area contributed by atoms with Crippen LogP contribution in [0.25, 0.3) is 0 Å². The number of hydrogen-bond acceptors (Lipinski definition) is 5. The van der Waals surface area contributed by atoms with E-state index in [0.717, 1.165) is 12.8 Å². The predicted octanol–water partition coefficient (Wildman–Crippen LogP) is 3.76. The molecule has 1 aromatic carbocycles. The number of rotatable bonds is 12. The van der Waals surface area contributed by atoms with Crippen molar-refractivity contribution in [1.29, 1.82) is 0 Å². The van der Waals surface area contributed by atoms with Crippen LogP contribution in [0.5, 0.6) is 0 Å². The predicted molar refractivity (Wildman–Crippen MR) is 149 cm³/mol. The van der Waals surface area contributed by atoms with Crippen LogP contribution in [0.2, 0.25) is 5.02 Å². The van der Waals surface area contributed by atoms with Crippen molar-refractivity contribution in [3.63, 3.8) is 0 Å². The lowest BCUT2D eigenvalue weighted by atomic mass is 9.70. The van der Waals surface area contributed by atoms with Crippen LogP contribution in [0.1, 0.15) is 32.6 Å². The van der Waals surface area contributed by atoms with Gasteiger partial charge in [-0.25, -0.2) is 0 Å². The normalized spacial score (nSPS) is 27.8. The fourth-order valence-corrected chi connectivity index (χ4v) is 8.82. The number of aliphatic hydroxyl groups excluding tert-OH is 1. The van der Waals surface area contributed by atoms with E-state index in [-0.39, 0.29) is 42.7 Å². The van der Waals surface area contributed by atoms with Crippen molar-refractivity contribution in [1.82, 2.24) is 9.80 Å². The molecule has 0 radical (unpaired) electrons. The molecule has 9 heteroatoms. The molecular formula is C28H36ClN3O4S. The second kappa shape index (κ2) is 11.6. The first-order valence-electron chi connectivity index (χ1n) is 13.0. The van der Waals surface area contributed by atoms with E-state index in [2.05, 4.69) is 13.2 Å². The number of nitrogens with zero attached hydrogens (tertiary/aromatic N) is 3. The van der Waals surface area contributed by atoms with Gasteiger partial charge >= 0.3 is 0 Å². The minimum atomic E-state index is -0.750. The van der Waals surface area contributed by atoms with Gasteiger partial charge in [-0.2, -0.15) is 0 Å². The highest BCUT2D eigenvalue weighted by Gasteiger charge is 2.74. The summed E-state index contributed by atoms with van der Waals surface area (Å²) >= 11 is 8.14. The molecule has 1 aromatic rings. The topological polar surface area (TPSA) is 81.2 Å². The molecule has 0 saturated carbocycles. The van der Waals surface area contributed by atoms with Crippen molar-refractivity contribution >= 4 is 46.8 Å². The number of anilines is 1. The van der Waals surface area contributed by atoms with E-state index >= 15 is 0 Å². The summed E-state index contributed by atoms with van der Waals surface area (Å²) in [6.45, 7) is 11.1. The Hall–Kier alpha value is -2.29. The second-order valence-electron chi connectivity index (χ2n) is 9.93. The van der Waals surface area contributed by atoms with Gasteiger partial charge in [0.2, 0.25) is 11.8 Å². The zero-order chi connectivity index (χ0) is 26.7. The third-order valence-corrected chi connectivity index (χ3v) is 10.0. The Balaban J connectivity index is 1.76. The third kappa shape index (κ3) is 4.72. The van der Waals surface area contributed by atoms with Crippen LogP contribution in [0.4, 0.5) is 5.69 Å². The molecule has 3 saturated heterocycles. The zero-order valence-electron chi connectivity index (χ0n) is 21.4. The number of thioether (sulfide) groups is 1. The summed E-state index contributed by atoms with van der Waals surface area (Å²) in [5.74, 6) is -1.45. The fraction of sp³-hybridized carbons (Fsp3) is 0.536. The second-order valence-corrected chi connectivity index (χ2v) is 11.9. The van der Waals surface area contributed by atoms with Crippen molar-refractivity contribution < 1.29 is 19.5 Å². The zero-order valence-corrected chi connectivity index (χ0v) is 22.9. The van der Waals surface area contributed by atoms with Crippen molar-refractivity contribution in [2.24, 2.45) is 11.8 Å². The van der Waals surface area contributed by atoms with E-state index in [0.29, 0.717) is 36.6 Å². The molecule has 200 valence electrons. The highest BCUT2D eigenvalue weighted by atomic mass is 35.5. The molecule has 3 aliphatic heterocycles. The number of likely N-dealkylation sites (tertiary alicyclic amines) is 1. The van der Waals surface area contributed by atoms with Gasteiger partial charge in [-0.05, 0) is 37.8 Å². The molecule has 4 rings (SSSR count). The maximum absolute atomic E-state index is 14.4. The average molecular weight is 546 g/mol. The number of para-hydroxylation sites is 1. The Labute approximate surface area is 228 Å². The summed E-state index contributed by atoms with van der Waals surface area (Å²) < 4.78 is -0.693. The quantitative estimate of drug-likeness (QED) is 0.405. The molecular weight excluding hydrogens is 510 g/mol. The average Bonchev–Trinajstić information content (AvgIpc) is 3.53. The van der Waals surface area contributed by atoms with Crippen LogP contribution in [0.15, 0.2) is 49.6 Å². The molecule has 2 unspecified atom stereocenters. The number of hydrogen-bond donors (Lipinski definition) is 1. The Morgan fingerprint density at radius 2 is 1.97 bits per heavy atom. The van der Waals surface area contributed by atoms with E-state index in [9.17, 15) is 19.5 Å². The Morgan fingerprint density at radius 1 is 1.24 bits per heavy atom. The van der Waals surface area contributed by atoms with Crippen molar-refractivity contribution in [2.75, 3.05) is 37.7 Å². The standard InChI is InChI=1S/C28H36ClN3O4S/c1-4-14-30(15-5-2)25(34)22-21-12-13-28(37-21)23(22)26(35)32(17-9-18-33)24(28)27(36)31(16-6-3)20-11-8-7-10-19(20)29/h4,6-8,10-11,21-24,33H,1,3,5,9,12-18H2,2H3/t21-,22+,23-,24?,28?/m0/s1. The van der Waals surface area contributed by atoms with Crippen molar-refractivity contribution in [2.45, 2.75) is 48.6 Å². The highest BCUT2D eigenvalue weighted by Crippen LogP contribution is 2.66. The molecule has 7 nitrogen and oxygen atoms in total. The third-order valence-electron chi connectivity index (χ3n) is 7.75. The first kappa shape index (κ1) is 27.7. The SMILES string of the molecule is C=CCN(CCC)C(=O)[C@@H]1[C@@H]2CCC3(S2)C(C(=O)N(CC=C)c2ccccc2Cl)N(CCCO)C(=O)[C@H]13. The van der Waals surface area contributed by atoms with Gasteiger partial charge in [0.15, 0.2) is 0 Å². The van der Waals surface area contributed by atoms with Crippen LogP contribution >= 0.6 is 23.4 Å². The van der Waals surface area contributed by atoms with E-state index in [1.54, 1.807) is 56.8 Å². The summed E-state index contributed by atoms with van der Waals surface area (Å²) in [5.41, 5.74) is 0.564. The molecule has 1 N–H and O–H groups in total. The lowest BCUT2D eigenvalue weighted by Crippen LogP contribution is -2.55. The van der Waals surface area contributed by atoms with E-state index in [1.165, 1.54) is 0 Å². The fourth-order valence-electron chi connectivity index (χ4n) is 6.38. The molecule has 2 bridgehead atoms. The molecule has 3 heterocycles. The number of carbonyl (C=O) groups excluding carboxylic acids is 3. The molecule has 3 fully saturated rings. The van der Waals surface area contributed by atoms with Crippen LogP contribution in [-0.2, 0) is 14.4 Å². The minimum Gasteiger partial charge on any atom is -0.396 e. The van der Waals surface area contributed by atoms with Crippen LogP contribution in [0.3, 0.4) is 0 Å². The minimum absolute atomic E-state index is 0.00548. The highest BCUT2D eigenvalue weighted by molar-refractivity contribution is 8.02. The van der Waals surface area contributed by atoms with Gasteiger partial charge in [0.25, 0.3) is 5.91 Å². The maximum Gasteiger partial charge on any atom is 0.251 e. The first-order chi connectivity index (χ1) is 17.9. The van der Waals surface area contributed by atoms with E-state index in [1.807, 2.05) is 13.0 Å². The molecule has 5 atom stereocenters. The number of halogens is 1. The number of benzene rings is 1. The van der Waals surface area contributed by atoms with Crippen LogP contribution in [0, 0.1) is 11.8 Å². The number of aliphatic hydroxyl groups is 1. The van der Waals surface area contributed by atoms with Gasteiger partial charge in [-0.1, -0.05) is 42.8 Å². The van der Waals surface area contributed by atoms with E-state index in [4.69, 9.17) is 11.6 Å². The Morgan fingerprint density at radius 3 is 2.62 bits per heavy atom. The summed E-state index contributed by atoms with van der Waals surface area (Å²) in [4.78, 5) is 47.3. The molecule has 37 heavy (non-hydrogen) atoms. The molecule has 0 aliphatic carbocycles. The summed E-state index contributed by atoms with van der Waals surface area (Å²) in [7, 11) is 0. The lowest BCUT2D eigenvalue weighted by Gasteiger charge is -2.37. The molecule has 1 spiro atoms. The van der Waals surface area contributed by atoms with Gasteiger partial charge in [0, 0.05) is 38.0 Å². The van der Waals surface area contributed by atoms with Crippen molar-refractivity contribution in [3.8, 4) is 0 Å². The monoisotopic (exact) mass is 545 g/mol. The summed E-state index contributed by atoms with van der Waals surface area (Å²) in [6, 6.07) is 6.40. The smallest absolute Gasteiger partial charge is 0.251 e. The van der Waals surface area contributed by atoms with Gasteiger partial charge in [0.1, 0.15) is 6.04 Å². The molecule has 0 aromatic heterocycles. The first-order valence-corrected chi connectivity index (χ1v) is 14.3. The van der Waals surface area contributed by atoms with Gasteiger partial charge < -0.3 is 19.8 Å². The molecule has 3 aliphatic rings. The molecule has 3 amide bonds. The van der Waals surface area contributed by atoms with Crippen molar-refractivity contribution in [3.05, 3.63) is 54.6 Å². The van der Waals surface area contributed by atoms with Crippen LogP contribution < -0.4 is 4.90 Å².